The van der Waals surface area contributed by atoms with Crippen LogP contribution >= 0.6 is 11.3 Å². The lowest BCUT2D eigenvalue weighted by atomic mass is 10.2. The van der Waals surface area contributed by atoms with Gasteiger partial charge in [-0.15, -0.1) is 10.2 Å². The topological polar surface area (TPSA) is 59.8 Å². The summed E-state index contributed by atoms with van der Waals surface area (Å²) in [5, 5.41) is 14.6. The minimum absolute atomic E-state index is 0.00102. The van der Waals surface area contributed by atoms with Gasteiger partial charge in [0.05, 0.1) is 12.5 Å². The average molecular weight is 250 g/mol. The van der Waals surface area contributed by atoms with E-state index in [9.17, 15) is 4.79 Å². The molecule has 0 radical (unpaired) electrons. The number of aromatic nitrogens is 3. The zero-order valence-corrected chi connectivity index (χ0v) is 10.6. The van der Waals surface area contributed by atoms with E-state index in [4.69, 9.17) is 0 Å². The van der Waals surface area contributed by atoms with Gasteiger partial charge in [0.25, 0.3) is 0 Å². The van der Waals surface area contributed by atoms with E-state index in [0.29, 0.717) is 6.42 Å². The maximum atomic E-state index is 11.8. The van der Waals surface area contributed by atoms with Gasteiger partial charge < -0.3 is 9.88 Å². The minimum atomic E-state index is -0.131. The molecule has 0 saturated carbocycles. The zero-order chi connectivity index (χ0) is 12.3. The van der Waals surface area contributed by atoms with Gasteiger partial charge in [-0.25, -0.2) is 0 Å². The van der Waals surface area contributed by atoms with Gasteiger partial charge in [-0.1, -0.05) is 0 Å². The Balaban J connectivity index is 1.93. The van der Waals surface area contributed by atoms with Crippen LogP contribution in [-0.2, 0) is 18.3 Å². The highest BCUT2D eigenvalue weighted by Crippen LogP contribution is 2.09. The second-order valence-corrected chi connectivity index (χ2v) is 4.68. The Kier molecular flexibility index (Phi) is 3.53. The van der Waals surface area contributed by atoms with Crippen molar-refractivity contribution in [3.05, 3.63) is 34.5 Å². The molecule has 2 aromatic rings. The third kappa shape index (κ3) is 2.91. The summed E-state index contributed by atoms with van der Waals surface area (Å²) in [5.74, 6) is 0.752. The highest BCUT2D eigenvalue weighted by molar-refractivity contribution is 7.07. The van der Waals surface area contributed by atoms with Gasteiger partial charge in [-0.3, -0.25) is 4.79 Å². The van der Waals surface area contributed by atoms with E-state index >= 15 is 0 Å². The number of aryl methyl sites for hydroxylation is 1. The lowest BCUT2D eigenvalue weighted by Gasteiger charge is -2.12. The molecule has 0 spiro atoms. The van der Waals surface area contributed by atoms with Crippen LogP contribution < -0.4 is 5.32 Å². The number of hydrogen-bond donors (Lipinski definition) is 1. The van der Waals surface area contributed by atoms with Crippen LogP contribution in [0.3, 0.4) is 0 Å². The summed E-state index contributed by atoms with van der Waals surface area (Å²) in [4.78, 5) is 11.8. The van der Waals surface area contributed by atoms with Crippen LogP contribution in [0.5, 0.6) is 0 Å². The van der Waals surface area contributed by atoms with E-state index in [1.165, 1.54) is 0 Å². The summed E-state index contributed by atoms with van der Waals surface area (Å²) in [7, 11) is 1.86. The van der Waals surface area contributed by atoms with Gasteiger partial charge in [0.15, 0.2) is 5.82 Å². The van der Waals surface area contributed by atoms with Crippen LogP contribution in [0.25, 0.3) is 0 Å². The first-order chi connectivity index (χ1) is 8.16. The summed E-state index contributed by atoms with van der Waals surface area (Å²) in [5.41, 5.74) is 1.04. The Labute approximate surface area is 103 Å². The van der Waals surface area contributed by atoms with Crippen molar-refractivity contribution in [3.63, 3.8) is 0 Å². The molecule has 0 bridgehead atoms. The molecule has 5 nitrogen and oxygen atoms in total. The summed E-state index contributed by atoms with van der Waals surface area (Å²) in [6.45, 7) is 1.90. The summed E-state index contributed by atoms with van der Waals surface area (Å²) in [6.07, 6.45) is 2.03. The van der Waals surface area contributed by atoms with Gasteiger partial charge in [0.2, 0.25) is 5.91 Å². The van der Waals surface area contributed by atoms with Crippen molar-refractivity contribution >= 4 is 17.2 Å². The molecule has 0 aromatic carbocycles. The van der Waals surface area contributed by atoms with Gasteiger partial charge in [-0.05, 0) is 29.3 Å². The molecule has 17 heavy (non-hydrogen) atoms. The van der Waals surface area contributed by atoms with Crippen molar-refractivity contribution in [3.8, 4) is 0 Å². The SMILES string of the molecule is C[C@H](NC(=O)Cc1ccsc1)c1nncn1C. The number of thiophene rings is 1. The molecule has 1 amide bonds. The Morgan fingerprint density at radius 2 is 2.47 bits per heavy atom. The molecule has 90 valence electrons. The normalized spacial score (nSPS) is 12.4. The van der Waals surface area contributed by atoms with Crippen molar-refractivity contribution in [1.29, 1.82) is 0 Å². The van der Waals surface area contributed by atoms with E-state index in [1.807, 2.05) is 30.8 Å². The van der Waals surface area contributed by atoms with Crippen molar-refractivity contribution in [2.45, 2.75) is 19.4 Å². The van der Waals surface area contributed by atoms with Crippen LogP contribution in [0, 0.1) is 0 Å². The fraction of sp³-hybridized carbons (Fsp3) is 0.364. The van der Waals surface area contributed by atoms with Gasteiger partial charge in [-0.2, -0.15) is 11.3 Å². The fourth-order valence-electron chi connectivity index (χ4n) is 1.62. The van der Waals surface area contributed by atoms with E-state index in [0.717, 1.165) is 11.4 Å². The molecule has 0 aliphatic rings. The molecule has 0 aliphatic heterocycles. The maximum absolute atomic E-state index is 11.8. The van der Waals surface area contributed by atoms with Crippen molar-refractivity contribution in [2.24, 2.45) is 7.05 Å². The van der Waals surface area contributed by atoms with E-state index in [2.05, 4.69) is 15.5 Å². The number of carbonyl (C=O) groups excluding carboxylic acids is 1. The Hall–Kier alpha value is -1.69. The van der Waals surface area contributed by atoms with E-state index < -0.39 is 0 Å². The Morgan fingerprint density at radius 3 is 3.06 bits per heavy atom. The van der Waals surface area contributed by atoms with Crippen LogP contribution in [0.15, 0.2) is 23.2 Å². The van der Waals surface area contributed by atoms with Gasteiger partial charge in [0, 0.05) is 7.05 Å². The van der Waals surface area contributed by atoms with Crippen molar-refractivity contribution in [2.75, 3.05) is 0 Å². The van der Waals surface area contributed by atoms with E-state index in [1.54, 1.807) is 22.2 Å². The third-order valence-electron chi connectivity index (χ3n) is 2.46. The highest BCUT2D eigenvalue weighted by Gasteiger charge is 2.14. The Bertz CT molecular complexity index is 491. The Morgan fingerprint density at radius 1 is 1.65 bits per heavy atom. The number of rotatable bonds is 4. The number of nitrogens with one attached hydrogen (secondary N) is 1. The van der Waals surface area contributed by atoms with E-state index in [-0.39, 0.29) is 11.9 Å². The fourth-order valence-corrected chi connectivity index (χ4v) is 2.29. The molecule has 0 unspecified atom stereocenters. The van der Waals surface area contributed by atoms with Gasteiger partial charge >= 0.3 is 0 Å². The number of nitrogens with zero attached hydrogens (tertiary/aromatic N) is 3. The van der Waals surface area contributed by atoms with Gasteiger partial charge in [0.1, 0.15) is 6.33 Å². The minimum Gasteiger partial charge on any atom is -0.346 e. The summed E-state index contributed by atoms with van der Waals surface area (Å²) < 4.78 is 1.80. The molecule has 0 saturated heterocycles. The quantitative estimate of drug-likeness (QED) is 0.889. The standard InChI is InChI=1S/C11H14N4OS/c1-8(11-14-12-7-15(11)2)13-10(16)5-9-3-4-17-6-9/h3-4,6-8H,5H2,1-2H3,(H,13,16)/t8-/m0/s1. The number of hydrogen-bond acceptors (Lipinski definition) is 4. The lowest BCUT2D eigenvalue weighted by molar-refractivity contribution is -0.121. The second-order valence-electron chi connectivity index (χ2n) is 3.90. The lowest BCUT2D eigenvalue weighted by Crippen LogP contribution is -2.29. The first-order valence-corrected chi connectivity index (χ1v) is 6.25. The molecule has 0 aliphatic carbocycles. The molecule has 0 fully saturated rings. The molecule has 2 heterocycles. The van der Waals surface area contributed by atoms with Crippen LogP contribution in [0.2, 0.25) is 0 Å². The number of carbonyl (C=O) groups is 1. The third-order valence-corrected chi connectivity index (χ3v) is 3.19. The van der Waals surface area contributed by atoms with Crippen LogP contribution in [0.4, 0.5) is 0 Å². The molecule has 2 aromatic heterocycles. The molecule has 1 N–H and O–H groups in total. The second kappa shape index (κ2) is 5.09. The molecule has 6 heteroatoms. The molecular formula is C11H14N4OS. The van der Waals surface area contributed by atoms with Crippen LogP contribution in [0.1, 0.15) is 24.4 Å². The average Bonchev–Trinajstić information content (AvgIpc) is 2.88. The zero-order valence-electron chi connectivity index (χ0n) is 9.75. The van der Waals surface area contributed by atoms with Crippen LogP contribution in [-0.4, -0.2) is 20.7 Å². The molecule has 1 atom stereocenters. The molecule has 2 rings (SSSR count). The number of amides is 1. The summed E-state index contributed by atoms with van der Waals surface area (Å²) in [6, 6.07) is 1.82. The predicted molar refractivity (Wildman–Crippen MR) is 65.6 cm³/mol. The monoisotopic (exact) mass is 250 g/mol. The van der Waals surface area contributed by atoms with Crippen molar-refractivity contribution < 1.29 is 4.79 Å². The largest absolute Gasteiger partial charge is 0.346 e. The highest BCUT2D eigenvalue weighted by atomic mass is 32.1. The smallest absolute Gasteiger partial charge is 0.225 e. The predicted octanol–water partition coefficient (Wildman–Crippen LogP) is 1.30. The first-order valence-electron chi connectivity index (χ1n) is 5.31. The molecular weight excluding hydrogens is 236 g/mol. The van der Waals surface area contributed by atoms with Crippen molar-refractivity contribution in [1.82, 2.24) is 20.1 Å². The maximum Gasteiger partial charge on any atom is 0.225 e. The first kappa shape index (κ1) is 11.8. The summed E-state index contributed by atoms with van der Waals surface area (Å²) >= 11 is 1.59.